The standard InChI is InChI=1S/C21H20BrNO4S/c1-26-19-11-9-18(10-12-19)23(15-16-6-4-3-5-7-16)28(24,25)21-14-17(22)8-13-20(21)27-2/h3-14H,15H2,1-2H3. The summed E-state index contributed by atoms with van der Waals surface area (Å²) < 4.78 is 39.8. The van der Waals surface area contributed by atoms with Gasteiger partial charge in [-0.2, -0.15) is 0 Å². The molecule has 5 nitrogen and oxygen atoms in total. The summed E-state index contributed by atoms with van der Waals surface area (Å²) in [7, 11) is -0.875. The number of anilines is 1. The van der Waals surface area contributed by atoms with Crippen molar-refractivity contribution >= 4 is 31.6 Å². The molecule has 28 heavy (non-hydrogen) atoms. The molecule has 0 saturated carbocycles. The summed E-state index contributed by atoms with van der Waals surface area (Å²) in [4.78, 5) is 0.0936. The molecule has 0 saturated heterocycles. The van der Waals surface area contributed by atoms with Crippen LogP contribution in [0.1, 0.15) is 5.56 Å². The minimum atomic E-state index is -3.90. The zero-order valence-corrected chi connectivity index (χ0v) is 17.9. The second kappa shape index (κ2) is 8.67. The third-order valence-electron chi connectivity index (χ3n) is 4.22. The molecule has 3 aromatic rings. The van der Waals surface area contributed by atoms with E-state index < -0.39 is 10.0 Å². The van der Waals surface area contributed by atoms with Crippen molar-refractivity contribution in [3.05, 3.63) is 82.8 Å². The molecule has 146 valence electrons. The maximum Gasteiger partial charge on any atom is 0.268 e. The molecule has 3 rings (SSSR count). The van der Waals surface area contributed by atoms with Crippen LogP contribution in [0.15, 0.2) is 82.2 Å². The summed E-state index contributed by atoms with van der Waals surface area (Å²) in [6.07, 6.45) is 0. The molecule has 0 aromatic heterocycles. The number of halogens is 1. The third kappa shape index (κ3) is 4.31. The van der Waals surface area contributed by atoms with Crippen LogP contribution < -0.4 is 13.8 Å². The SMILES string of the molecule is COc1ccc(N(Cc2ccccc2)S(=O)(=O)c2cc(Br)ccc2OC)cc1. The molecule has 0 aliphatic heterocycles. The highest BCUT2D eigenvalue weighted by atomic mass is 79.9. The second-order valence-electron chi connectivity index (χ2n) is 5.99. The maximum absolute atomic E-state index is 13.6. The zero-order valence-electron chi connectivity index (χ0n) is 15.5. The van der Waals surface area contributed by atoms with E-state index in [1.54, 1.807) is 49.6 Å². The molecule has 3 aromatic carbocycles. The Balaban J connectivity index is 2.13. The monoisotopic (exact) mass is 461 g/mol. The van der Waals surface area contributed by atoms with E-state index in [0.29, 0.717) is 15.9 Å². The van der Waals surface area contributed by atoms with Crippen LogP contribution in [0.2, 0.25) is 0 Å². The number of hydrogen-bond acceptors (Lipinski definition) is 4. The smallest absolute Gasteiger partial charge is 0.268 e. The molecule has 0 N–H and O–H groups in total. The largest absolute Gasteiger partial charge is 0.497 e. The van der Waals surface area contributed by atoms with E-state index in [9.17, 15) is 8.42 Å². The Kier molecular flexibility index (Phi) is 6.26. The number of ether oxygens (including phenoxy) is 2. The lowest BCUT2D eigenvalue weighted by Crippen LogP contribution is -2.31. The second-order valence-corrected chi connectivity index (χ2v) is 8.74. The number of nitrogens with zero attached hydrogens (tertiary/aromatic N) is 1. The summed E-state index contributed by atoms with van der Waals surface area (Å²) in [6.45, 7) is 0.186. The minimum absolute atomic E-state index is 0.0936. The molecule has 0 unspecified atom stereocenters. The fourth-order valence-corrected chi connectivity index (χ4v) is 4.93. The highest BCUT2D eigenvalue weighted by Gasteiger charge is 2.29. The topological polar surface area (TPSA) is 55.8 Å². The Morgan fingerprint density at radius 1 is 0.893 bits per heavy atom. The Hall–Kier alpha value is -2.51. The predicted octanol–water partition coefficient (Wildman–Crippen LogP) is 4.86. The lowest BCUT2D eigenvalue weighted by atomic mass is 10.2. The molecular formula is C21H20BrNO4S. The van der Waals surface area contributed by atoms with E-state index in [2.05, 4.69) is 15.9 Å². The Morgan fingerprint density at radius 3 is 2.18 bits per heavy atom. The van der Waals surface area contributed by atoms with Gasteiger partial charge in [0.1, 0.15) is 16.4 Å². The summed E-state index contributed by atoms with van der Waals surface area (Å²) >= 11 is 3.35. The molecule has 0 atom stereocenters. The van der Waals surface area contributed by atoms with Gasteiger partial charge in [0.05, 0.1) is 26.5 Å². The van der Waals surface area contributed by atoms with Gasteiger partial charge in [-0.3, -0.25) is 4.31 Å². The van der Waals surface area contributed by atoms with Gasteiger partial charge in [0.2, 0.25) is 0 Å². The van der Waals surface area contributed by atoms with Crippen molar-refractivity contribution in [3.8, 4) is 11.5 Å². The van der Waals surface area contributed by atoms with E-state index in [1.807, 2.05) is 30.3 Å². The van der Waals surface area contributed by atoms with Crippen molar-refractivity contribution < 1.29 is 17.9 Å². The van der Waals surface area contributed by atoms with Crippen LogP contribution in [0.5, 0.6) is 11.5 Å². The molecule has 0 spiro atoms. The van der Waals surface area contributed by atoms with E-state index in [4.69, 9.17) is 9.47 Å². The minimum Gasteiger partial charge on any atom is -0.497 e. The van der Waals surface area contributed by atoms with E-state index in [-0.39, 0.29) is 17.2 Å². The Morgan fingerprint density at radius 2 is 1.57 bits per heavy atom. The van der Waals surface area contributed by atoms with E-state index in [0.717, 1.165) is 5.56 Å². The van der Waals surface area contributed by atoms with Crippen LogP contribution in [-0.4, -0.2) is 22.6 Å². The predicted molar refractivity (Wildman–Crippen MR) is 113 cm³/mol. The van der Waals surface area contributed by atoms with Crippen LogP contribution >= 0.6 is 15.9 Å². The molecular weight excluding hydrogens is 442 g/mol. The van der Waals surface area contributed by atoms with Crippen LogP contribution in [0.3, 0.4) is 0 Å². The summed E-state index contributed by atoms with van der Waals surface area (Å²) in [5.74, 6) is 0.940. The highest BCUT2D eigenvalue weighted by Crippen LogP contribution is 2.33. The van der Waals surface area contributed by atoms with Crippen molar-refractivity contribution in [1.29, 1.82) is 0 Å². The molecule has 0 heterocycles. The number of methoxy groups -OCH3 is 2. The molecule has 0 aliphatic rings. The van der Waals surface area contributed by atoms with Crippen LogP contribution in [0.25, 0.3) is 0 Å². The van der Waals surface area contributed by atoms with Crippen molar-refractivity contribution in [2.75, 3.05) is 18.5 Å². The van der Waals surface area contributed by atoms with Crippen molar-refractivity contribution in [3.63, 3.8) is 0 Å². The molecule has 0 fully saturated rings. The molecule has 0 amide bonds. The first-order valence-electron chi connectivity index (χ1n) is 8.50. The van der Waals surface area contributed by atoms with Gasteiger partial charge in [0.25, 0.3) is 10.0 Å². The zero-order chi connectivity index (χ0) is 20.1. The van der Waals surface area contributed by atoms with Gasteiger partial charge >= 0.3 is 0 Å². The molecule has 0 aliphatic carbocycles. The quantitative estimate of drug-likeness (QED) is 0.503. The van der Waals surface area contributed by atoms with Gasteiger partial charge in [-0.05, 0) is 48.0 Å². The van der Waals surface area contributed by atoms with Crippen molar-refractivity contribution in [1.82, 2.24) is 0 Å². The fraction of sp³-hybridized carbons (Fsp3) is 0.143. The van der Waals surface area contributed by atoms with Crippen molar-refractivity contribution in [2.24, 2.45) is 0 Å². The third-order valence-corrected chi connectivity index (χ3v) is 6.51. The lowest BCUT2D eigenvalue weighted by molar-refractivity contribution is 0.402. The summed E-state index contributed by atoms with van der Waals surface area (Å²) in [6, 6.07) is 21.3. The number of rotatable bonds is 7. The fourth-order valence-electron chi connectivity index (χ4n) is 2.78. The van der Waals surface area contributed by atoms with Crippen LogP contribution in [0.4, 0.5) is 5.69 Å². The van der Waals surface area contributed by atoms with Crippen molar-refractivity contribution in [2.45, 2.75) is 11.4 Å². The Labute approximate surface area is 173 Å². The van der Waals surface area contributed by atoms with E-state index in [1.165, 1.54) is 11.4 Å². The summed E-state index contributed by atoms with van der Waals surface area (Å²) in [5.41, 5.74) is 1.41. The lowest BCUT2D eigenvalue weighted by Gasteiger charge is -2.26. The highest BCUT2D eigenvalue weighted by molar-refractivity contribution is 9.10. The molecule has 0 bridgehead atoms. The normalized spacial score (nSPS) is 11.1. The number of sulfonamides is 1. The Bertz CT molecular complexity index is 1040. The molecule has 7 heteroatoms. The first-order chi connectivity index (χ1) is 13.5. The first kappa shape index (κ1) is 20.2. The van der Waals surface area contributed by atoms with Gasteiger partial charge in [-0.15, -0.1) is 0 Å². The number of benzene rings is 3. The maximum atomic E-state index is 13.6. The van der Waals surface area contributed by atoms with Crippen LogP contribution in [0, 0.1) is 0 Å². The van der Waals surface area contributed by atoms with Crippen LogP contribution in [-0.2, 0) is 16.6 Å². The molecule has 0 radical (unpaired) electrons. The van der Waals surface area contributed by atoms with Gasteiger partial charge in [-0.1, -0.05) is 46.3 Å². The van der Waals surface area contributed by atoms with Gasteiger partial charge in [0.15, 0.2) is 0 Å². The van der Waals surface area contributed by atoms with E-state index >= 15 is 0 Å². The van der Waals surface area contributed by atoms with Gasteiger partial charge < -0.3 is 9.47 Å². The summed E-state index contributed by atoms with van der Waals surface area (Å²) in [5, 5.41) is 0. The number of hydrogen-bond donors (Lipinski definition) is 0. The van der Waals surface area contributed by atoms with Gasteiger partial charge in [0, 0.05) is 4.47 Å². The average Bonchev–Trinajstić information content (AvgIpc) is 2.72. The average molecular weight is 462 g/mol. The first-order valence-corrected chi connectivity index (χ1v) is 10.7. The van der Waals surface area contributed by atoms with Gasteiger partial charge in [-0.25, -0.2) is 8.42 Å².